The van der Waals surface area contributed by atoms with E-state index in [1.165, 1.54) is 16.3 Å². The molecule has 0 aliphatic carbocycles. The van der Waals surface area contributed by atoms with Crippen molar-refractivity contribution in [3.63, 3.8) is 0 Å². The minimum Gasteiger partial charge on any atom is -0.497 e. The molecular weight excluding hydrogens is 358 g/mol. The molecule has 0 bridgehead atoms. The Kier molecular flexibility index (Phi) is 3.38. The van der Waals surface area contributed by atoms with Gasteiger partial charge in [0.05, 0.1) is 12.6 Å². The van der Waals surface area contributed by atoms with Crippen molar-refractivity contribution in [3.8, 4) is 16.9 Å². The molecule has 0 unspecified atom stereocenters. The normalized spacial score (nSPS) is 11.6. The molecule has 6 aromatic rings. The molecule has 0 fully saturated rings. The first-order valence-electron chi connectivity index (χ1n) is 9.59. The predicted molar refractivity (Wildman–Crippen MR) is 119 cm³/mol. The number of hydrogen-bond donors (Lipinski definition) is 0. The van der Waals surface area contributed by atoms with Crippen molar-refractivity contribution in [3.05, 3.63) is 85.1 Å². The first-order valence-corrected chi connectivity index (χ1v) is 9.59. The number of benzene rings is 4. The van der Waals surface area contributed by atoms with Gasteiger partial charge in [0, 0.05) is 27.7 Å². The van der Waals surface area contributed by atoms with Crippen molar-refractivity contribution in [2.45, 2.75) is 0 Å². The number of nitrogens with zero attached hydrogens (tertiary/aromatic N) is 1. The van der Waals surface area contributed by atoms with Crippen LogP contribution in [-0.2, 0) is 0 Å². The average Bonchev–Trinajstić information content (AvgIpc) is 3.15. The van der Waals surface area contributed by atoms with Crippen molar-refractivity contribution < 1.29 is 9.15 Å². The van der Waals surface area contributed by atoms with Crippen LogP contribution in [0.25, 0.3) is 54.7 Å². The summed E-state index contributed by atoms with van der Waals surface area (Å²) in [7, 11) is 1.68. The molecule has 0 aliphatic heterocycles. The van der Waals surface area contributed by atoms with Crippen LogP contribution in [0.5, 0.6) is 5.75 Å². The van der Waals surface area contributed by atoms with Gasteiger partial charge in [-0.05, 0) is 52.9 Å². The lowest BCUT2D eigenvalue weighted by atomic mass is 9.95. The SMILES string of the molecule is COc1ccc2oc3ccc(-c4cccc5ccc6cccnc6c45)cc3c2c1. The lowest BCUT2D eigenvalue weighted by molar-refractivity contribution is 0.415. The van der Waals surface area contributed by atoms with E-state index in [-0.39, 0.29) is 0 Å². The fourth-order valence-corrected chi connectivity index (χ4v) is 4.21. The number of rotatable bonds is 2. The van der Waals surface area contributed by atoms with Crippen LogP contribution in [0.2, 0.25) is 0 Å². The topological polar surface area (TPSA) is 35.3 Å². The quantitative estimate of drug-likeness (QED) is 0.307. The van der Waals surface area contributed by atoms with Crippen LogP contribution >= 0.6 is 0 Å². The van der Waals surface area contributed by atoms with Gasteiger partial charge in [-0.2, -0.15) is 0 Å². The molecule has 4 aromatic carbocycles. The number of aromatic nitrogens is 1. The van der Waals surface area contributed by atoms with E-state index in [1.54, 1.807) is 7.11 Å². The van der Waals surface area contributed by atoms with Gasteiger partial charge in [0.15, 0.2) is 0 Å². The Bertz CT molecular complexity index is 1550. The van der Waals surface area contributed by atoms with E-state index in [9.17, 15) is 0 Å². The minimum absolute atomic E-state index is 0.825. The summed E-state index contributed by atoms with van der Waals surface area (Å²) in [4.78, 5) is 4.69. The molecule has 0 atom stereocenters. The zero-order valence-corrected chi connectivity index (χ0v) is 15.8. The highest BCUT2D eigenvalue weighted by molar-refractivity contribution is 6.14. The maximum Gasteiger partial charge on any atom is 0.135 e. The monoisotopic (exact) mass is 375 g/mol. The number of ether oxygens (including phenoxy) is 1. The van der Waals surface area contributed by atoms with E-state index in [2.05, 4.69) is 59.6 Å². The Labute approximate surface area is 167 Å². The number of fused-ring (bicyclic) bond motifs is 6. The van der Waals surface area contributed by atoms with Crippen LogP contribution in [0.3, 0.4) is 0 Å². The van der Waals surface area contributed by atoms with Gasteiger partial charge < -0.3 is 9.15 Å². The molecule has 0 saturated carbocycles. The molecule has 3 nitrogen and oxygen atoms in total. The van der Waals surface area contributed by atoms with Gasteiger partial charge in [0.25, 0.3) is 0 Å². The van der Waals surface area contributed by atoms with Crippen molar-refractivity contribution in [2.75, 3.05) is 7.11 Å². The Hall–Kier alpha value is -3.85. The zero-order chi connectivity index (χ0) is 19.4. The predicted octanol–water partition coefficient (Wildman–Crippen LogP) is 6.96. The Morgan fingerprint density at radius 1 is 0.759 bits per heavy atom. The van der Waals surface area contributed by atoms with Gasteiger partial charge in [-0.1, -0.05) is 42.5 Å². The van der Waals surface area contributed by atoms with E-state index in [1.807, 2.05) is 30.5 Å². The third-order valence-corrected chi connectivity index (χ3v) is 5.60. The van der Waals surface area contributed by atoms with Crippen molar-refractivity contribution in [1.29, 1.82) is 0 Å². The van der Waals surface area contributed by atoms with E-state index < -0.39 is 0 Å². The van der Waals surface area contributed by atoms with Gasteiger partial charge in [-0.25, -0.2) is 0 Å². The number of furan rings is 1. The van der Waals surface area contributed by atoms with E-state index in [0.717, 1.165) is 44.2 Å². The van der Waals surface area contributed by atoms with Crippen LogP contribution < -0.4 is 4.74 Å². The highest BCUT2D eigenvalue weighted by Crippen LogP contribution is 2.37. The third-order valence-electron chi connectivity index (χ3n) is 5.60. The Balaban J connectivity index is 1.68. The first-order chi connectivity index (χ1) is 14.3. The lowest BCUT2D eigenvalue weighted by Gasteiger charge is -2.10. The Morgan fingerprint density at radius 3 is 2.45 bits per heavy atom. The summed E-state index contributed by atoms with van der Waals surface area (Å²) in [6.07, 6.45) is 1.86. The summed E-state index contributed by atoms with van der Waals surface area (Å²) in [5.41, 5.74) is 5.08. The molecule has 29 heavy (non-hydrogen) atoms. The first kappa shape index (κ1) is 16.1. The molecule has 6 rings (SSSR count). The standard InChI is InChI=1S/C26H17NO2/c1-28-19-10-12-24-22(15-19)21-14-18(9-11-23(21)29-24)20-6-2-4-16-7-8-17-5-3-13-27-26(17)25(16)20/h2-15H,1H3. The van der Waals surface area contributed by atoms with E-state index >= 15 is 0 Å². The van der Waals surface area contributed by atoms with Crippen LogP contribution in [0, 0.1) is 0 Å². The van der Waals surface area contributed by atoms with Gasteiger partial charge in [0.1, 0.15) is 16.9 Å². The van der Waals surface area contributed by atoms with Gasteiger partial charge in [0.2, 0.25) is 0 Å². The van der Waals surface area contributed by atoms with Crippen LogP contribution in [0.4, 0.5) is 0 Å². The summed E-state index contributed by atoms with van der Waals surface area (Å²) in [5.74, 6) is 0.825. The number of hydrogen-bond acceptors (Lipinski definition) is 3. The van der Waals surface area contributed by atoms with Crippen molar-refractivity contribution in [2.24, 2.45) is 0 Å². The smallest absolute Gasteiger partial charge is 0.135 e. The second kappa shape index (κ2) is 6.08. The fourth-order valence-electron chi connectivity index (χ4n) is 4.21. The summed E-state index contributed by atoms with van der Waals surface area (Å²) in [5, 5.41) is 5.65. The summed E-state index contributed by atoms with van der Waals surface area (Å²) < 4.78 is 11.4. The minimum atomic E-state index is 0.825. The molecular formula is C26H17NO2. The van der Waals surface area contributed by atoms with E-state index in [0.29, 0.717) is 0 Å². The highest BCUT2D eigenvalue weighted by Gasteiger charge is 2.12. The maximum atomic E-state index is 6.03. The number of pyridine rings is 1. The van der Waals surface area contributed by atoms with Crippen molar-refractivity contribution >= 4 is 43.6 Å². The Morgan fingerprint density at radius 2 is 1.55 bits per heavy atom. The molecule has 0 saturated heterocycles. The van der Waals surface area contributed by atoms with Gasteiger partial charge >= 0.3 is 0 Å². The summed E-state index contributed by atoms with van der Waals surface area (Å²) in [6.45, 7) is 0. The molecule has 138 valence electrons. The molecule has 0 spiro atoms. The van der Waals surface area contributed by atoms with Gasteiger partial charge in [-0.3, -0.25) is 4.98 Å². The lowest BCUT2D eigenvalue weighted by Crippen LogP contribution is -1.86. The molecule has 0 aliphatic rings. The molecule has 2 heterocycles. The summed E-state index contributed by atoms with van der Waals surface area (Å²) >= 11 is 0. The van der Waals surface area contributed by atoms with Crippen LogP contribution in [-0.4, -0.2) is 12.1 Å². The molecule has 2 aromatic heterocycles. The second-order valence-electron chi connectivity index (χ2n) is 7.22. The molecule has 0 amide bonds. The van der Waals surface area contributed by atoms with Gasteiger partial charge in [-0.15, -0.1) is 0 Å². The average molecular weight is 375 g/mol. The summed E-state index contributed by atoms with van der Waals surface area (Å²) in [6, 6.07) is 27.1. The van der Waals surface area contributed by atoms with Crippen LogP contribution in [0.15, 0.2) is 89.5 Å². The second-order valence-corrected chi connectivity index (χ2v) is 7.22. The zero-order valence-electron chi connectivity index (χ0n) is 15.8. The number of methoxy groups -OCH3 is 1. The van der Waals surface area contributed by atoms with E-state index in [4.69, 9.17) is 9.15 Å². The van der Waals surface area contributed by atoms with Crippen molar-refractivity contribution in [1.82, 2.24) is 4.98 Å². The highest BCUT2D eigenvalue weighted by atomic mass is 16.5. The maximum absolute atomic E-state index is 6.03. The largest absolute Gasteiger partial charge is 0.497 e. The fraction of sp³-hybridized carbons (Fsp3) is 0.0385. The van der Waals surface area contributed by atoms with Crippen LogP contribution in [0.1, 0.15) is 0 Å². The molecule has 0 radical (unpaired) electrons. The molecule has 3 heteroatoms. The molecule has 0 N–H and O–H groups in total. The third kappa shape index (κ3) is 2.41.